The molecule has 1 fully saturated rings. The van der Waals surface area contributed by atoms with Crippen LogP contribution < -0.4 is 5.32 Å². The lowest BCUT2D eigenvalue weighted by molar-refractivity contribution is 0.801. The van der Waals surface area contributed by atoms with Crippen LogP contribution in [0.3, 0.4) is 0 Å². The Kier molecular flexibility index (Phi) is 3.48. The van der Waals surface area contributed by atoms with Crippen molar-refractivity contribution in [2.75, 3.05) is 17.6 Å². The van der Waals surface area contributed by atoms with Crippen LogP contribution in [0.1, 0.15) is 12.8 Å². The van der Waals surface area contributed by atoms with Crippen molar-refractivity contribution in [3.05, 3.63) is 17.3 Å². The molecule has 1 unspecified atom stereocenters. The zero-order valence-corrected chi connectivity index (χ0v) is 9.31. The number of aromatic nitrogens is 2. The summed E-state index contributed by atoms with van der Waals surface area (Å²) in [5, 5.41) is 12.1. The first-order valence-electron chi connectivity index (χ1n) is 4.69. The third-order valence-corrected chi connectivity index (χ3v) is 3.77. The minimum Gasteiger partial charge on any atom is -0.367 e. The van der Waals surface area contributed by atoms with Gasteiger partial charge in [0.05, 0.1) is 0 Å². The first-order valence-corrected chi connectivity index (χ1v) is 6.12. The van der Waals surface area contributed by atoms with E-state index in [9.17, 15) is 0 Å². The standard InChI is InChI=1S/C9H12ClN3S/c10-8-3-4-9(13-12-8)11-6-7-2-1-5-14-7/h3-4,7H,1-2,5-6H2,(H,11,13). The molecular formula is C9H12ClN3S. The van der Waals surface area contributed by atoms with E-state index in [1.807, 2.05) is 17.8 Å². The van der Waals surface area contributed by atoms with Gasteiger partial charge in [0.2, 0.25) is 0 Å². The predicted octanol–water partition coefficient (Wildman–Crippen LogP) is 2.44. The number of nitrogens with one attached hydrogen (secondary N) is 1. The smallest absolute Gasteiger partial charge is 0.151 e. The molecule has 1 atom stereocenters. The van der Waals surface area contributed by atoms with Gasteiger partial charge >= 0.3 is 0 Å². The van der Waals surface area contributed by atoms with E-state index in [0.717, 1.165) is 17.6 Å². The molecule has 76 valence electrons. The lowest BCUT2D eigenvalue weighted by Crippen LogP contribution is -2.14. The Morgan fingerprint density at radius 2 is 2.43 bits per heavy atom. The Morgan fingerprint density at radius 3 is 3.07 bits per heavy atom. The van der Waals surface area contributed by atoms with Gasteiger partial charge in [-0.05, 0) is 30.7 Å². The van der Waals surface area contributed by atoms with Crippen LogP contribution in [0, 0.1) is 0 Å². The van der Waals surface area contributed by atoms with Gasteiger partial charge in [-0.3, -0.25) is 0 Å². The van der Waals surface area contributed by atoms with Crippen LogP contribution >= 0.6 is 23.4 Å². The van der Waals surface area contributed by atoms with Crippen molar-refractivity contribution in [2.45, 2.75) is 18.1 Å². The molecule has 2 rings (SSSR count). The molecule has 0 amide bonds. The number of nitrogens with zero attached hydrogens (tertiary/aromatic N) is 2. The van der Waals surface area contributed by atoms with E-state index in [0.29, 0.717) is 5.15 Å². The molecule has 5 heteroatoms. The quantitative estimate of drug-likeness (QED) is 0.864. The van der Waals surface area contributed by atoms with Crippen molar-refractivity contribution >= 4 is 29.2 Å². The van der Waals surface area contributed by atoms with Gasteiger partial charge in [-0.15, -0.1) is 10.2 Å². The summed E-state index contributed by atoms with van der Waals surface area (Å²) in [5.41, 5.74) is 0. The Hall–Kier alpha value is -0.480. The fourth-order valence-corrected chi connectivity index (χ4v) is 2.74. The van der Waals surface area contributed by atoms with E-state index < -0.39 is 0 Å². The average Bonchev–Trinajstić information content (AvgIpc) is 2.70. The van der Waals surface area contributed by atoms with Gasteiger partial charge in [0.1, 0.15) is 5.82 Å². The highest BCUT2D eigenvalue weighted by atomic mass is 35.5. The number of anilines is 1. The van der Waals surface area contributed by atoms with Crippen molar-refractivity contribution in [2.24, 2.45) is 0 Å². The average molecular weight is 230 g/mol. The van der Waals surface area contributed by atoms with Crippen molar-refractivity contribution in [3.63, 3.8) is 0 Å². The van der Waals surface area contributed by atoms with Gasteiger partial charge in [-0.1, -0.05) is 11.6 Å². The number of hydrogen-bond donors (Lipinski definition) is 1. The van der Waals surface area contributed by atoms with E-state index in [1.165, 1.54) is 18.6 Å². The molecule has 1 aromatic heterocycles. The van der Waals surface area contributed by atoms with E-state index in [1.54, 1.807) is 6.07 Å². The fourth-order valence-electron chi connectivity index (χ4n) is 1.43. The summed E-state index contributed by atoms with van der Waals surface area (Å²) in [6, 6.07) is 3.60. The second-order valence-corrected chi connectivity index (χ2v) is 5.05. The topological polar surface area (TPSA) is 37.8 Å². The molecule has 0 aliphatic carbocycles. The summed E-state index contributed by atoms with van der Waals surface area (Å²) < 4.78 is 0. The van der Waals surface area contributed by atoms with E-state index in [2.05, 4.69) is 15.5 Å². The maximum absolute atomic E-state index is 5.63. The molecule has 0 bridgehead atoms. The van der Waals surface area contributed by atoms with Crippen molar-refractivity contribution in [1.82, 2.24) is 10.2 Å². The van der Waals surface area contributed by atoms with Crippen LogP contribution in [0.4, 0.5) is 5.82 Å². The minimum atomic E-state index is 0.436. The van der Waals surface area contributed by atoms with Crippen molar-refractivity contribution in [3.8, 4) is 0 Å². The molecule has 0 saturated carbocycles. The summed E-state index contributed by atoms with van der Waals surface area (Å²) in [6.07, 6.45) is 2.64. The van der Waals surface area contributed by atoms with Crippen LogP contribution in [0.25, 0.3) is 0 Å². The van der Waals surface area contributed by atoms with Gasteiger partial charge in [0.15, 0.2) is 5.15 Å². The van der Waals surface area contributed by atoms with Crippen LogP contribution in [0.2, 0.25) is 5.15 Å². The van der Waals surface area contributed by atoms with Crippen molar-refractivity contribution < 1.29 is 0 Å². The Balaban J connectivity index is 1.82. The molecule has 0 aromatic carbocycles. The number of hydrogen-bond acceptors (Lipinski definition) is 4. The van der Waals surface area contributed by atoms with E-state index in [4.69, 9.17) is 11.6 Å². The van der Waals surface area contributed by atoms with Gasteiger partial charge in [0.25, 0.3) is 0 Å². The molecule has 1 aliphatic rings. The lowest BCUT2D eigenvalue weighted by Gasteiger charge is -2.09. The number of rotatable bonds is 3. The summed E-state index contributed by atoms with van der Waals surface area (Å²) in [6.45, 7) is 0.973. The maximum atomic E-state index is 5.63. The van der Waals surface area contributed by atoms with Gasteiger partial charge in [-0.2, -0.15) is 11.8 Å². The van der Waals surface area contributed by atoms with Gasteiger partial charge in [-0.25, -0.2) is 0 Å². The summed E-state index contributed by atoms with van der Waals surface area (Å²) in [5.74, 6) is 2.10. The van der Waals surface area contributed by atoms with Crippen LogP contribution in [-0.4, -0.2) is 27.7 Å². The number of thioether (sulfide) groups is 1. The number of halogens is 1. The first kappa shape index (κ1) is 10.1. The molecule has 0 radical (unpaired) electrons. The lowest BCUT2D eigenvalue weighted by atomic mass is 10.2. The third-order valence-electron chi connectivity index (χ3n) is 2.17. The molecule has 1 saturated heterocycles. The first-order chi connectivity index (χ1) is 6.84. The van der Waals surface area contributed by atoms with Gasteiger partial charge in [0, 0.05) is 11.8 Å². The second kappa shape index (κ2) is 4.84. The summed E-state index contributed by atoms with van der Waals surface area (Å²) in [7, 11) is 0. The zero-order chi connectivity index (χ0) is 9.80. The molecule has 1 aromatic rings. The molecule has 3 nitrogen and oxygen atoms in total. The summed E-state index contributed by atoms with van der Waals surface area (Å²) >= 11 is 7.66. The molecule has 14 heavy (non-hydrogen) atoms. The molecule has 1 aliphatic heterocycles. The minimum absolute atomic E-state index is 0.436. The fraction of sp³-hybridized carbons (Fsp3) is 0.556. The monoisotopic (exact) mass is 229 g/mol. The largest absolute Gasteiger partial charge is 0.367 e. The Bertz CT molecular complexity index is 285. The van der Waals surface area contributed by atoms with Gasteiger partial charge < -0.3 is 5.32 Å². The maximum Gasteiger partial charge on any atom is 0.151 e. The molecule has 0 spiro atoms. The molecule has 1 N–H and O–H groups in total. The Morgan fingerprint density at radius 1 is 1.50 bits per heavy atom. The normalized spacial score (nSPS) is 21.1. The summed E-state index contributed by atoms with van der Waals surface area (Å²) in [4.78, 5) is 0. The highest BCUT2D eigenvalue weighted by Gasteiger charge is 2.14. The van der Waals surface area contributed by atoms with Crippen LogP contribution in [-0.2, 0) is 0 Å². The molecular weight excluding hydrogens is 218 g/mol. The Labute approximate surface area is 92.6 Å². The highest BCUT2D eigenvalue weighted by molar-refractivity contribution is 8.00. The predicted molar refractivity (Wildman–Crippen MR) is 61.0 cm³/mol. The van der Waals surface area contributed by atoms with Crippen LogP contribution in [0.5, 0.6) is 0 Å². The van der Waals surface area contributed by atoms with Crippen molar-refractivity contribution in [1.29, 1.82) is 0 Å². The van der Waals surface area contributed by atoms with E-state index >= 15 is 0 Å². The SMILES string of the molecule is Clc1ccc(NCC2CCCS2)nn1. The zero-order valence-electron chi connectivity index (χ0n) is 7.74. The highest BCUT2D eigenvalue weighted by Crippen LogP contribution is 2.25. The second-order valence-electron chi connectivity index (χ2n) is 3.26. The van der Waals surface area contributed by atoms with Crippen LogP contribution in [0.15, 0.2) is 12.1 Å². The third kappa shape index (κ3) is 2.75. The van der Waals surface area contributed by atoms with E-state index in [-0.39, 0.29) is 0 Å². The molecule has 2 heterocycles.